The van der Waals surface area contributed by atoms with E-state index in [4.69, 9.17) is 14.6 Å². The summed E-state index contributed by atoms with van der Waals surface area (Å²) in [4.78, 5) is 24.8. The number of ether oxygens (including phenoxy) is 1. The van der Waals surface area contributed by atoms with Crippen molar-refractivity contribution in [1.82, 2.24) is 10.2 Å². The highest BCUT2D eigenvalue weighted by atomic mass is 32.1. The maximum absolute atomic E-state index is 12.6. The summed E-state index contributed by atoms with van der Waals surface area (Å²) in [5, 5.41) is 12.5. The molecule has 0 aliphatic carbocycles. The van der Waals surface area contributed by atoms with Crippen LogP contribution in [0.4, 0.5) is 13.2 Å². The fourth-order valence-electron chi connectivity index (χ4n) is 3.06. The van der Waals surface area contributed by atoms with Crippen molar-refractivity contribution in [2.75, 3.05) is 32.8 Å². The standard InChI is InChI=1S/C15H22N2O2S.C2HF3O2/c1-2-13-9-12(10-20-13)14(18)17-7-8-19-15(11-17)3-5-16-6-4-15;3-2(4,5)1(6)7/h9-10,16H,2-8,11H2,1H3;(H,6,7). The average molecular weight is 408 g/mol. The number of aryl methyl sites for hydroxylation is 1. The Kier molecular flexibility index (Phi) is 7.24. The zero-order chi connectivity index (χ0) is 20.1. The molecule has 1 amide bonds. The van der Waals surface area contributed by atoms with Crippen molar-refractivity contribution in [2.24, 2.45) is 0 Å². The highest BCUT2D eigenvalue weighted by molar-refractivity contribution is 7.10. The summed E-state index contributed by atoms with van der Waals surface area (Å²) < 4.78 is 37.8. The lowest BCUT2D eigenvalue weighted by Gasteiger charge is -2.45. The number of carboxylic acids is 1. The van der Waals surface area contributed by atoms with Crippen LogP contribution in [0.1, 0.15) is 35.0 Å². The van der Waals surface area contributed by atoms with Crippen molar-refractivity contribution in [3.05, 3.63) is 21.9 Å². The summed E-state index contributed by atoms with van der Waals surface area (Å²) in [5.74, 6) is -2.59. The van der Waals surface area contributed by atoms with Crippen molar-refractivity contribution in [3.63, 3.8) is 0 Å². The predicted octanol–water partition coefficient (Wildman–Crippen LogP) is 2.54. The third-order valence-electron chi connectivity index (χ3n) is 4.54. The molecule has 1 aromatic rings. The third kappa shape index (κ3) is 5.91. The summed E-state index contributed by atoms with van der Waals surface area (Å²) in [7, 11) is 0. The number of piperidine rings is 1. The highest BCUT2D eigenvalue weighted by Crippen LogP contribution is 2.28. The topological polar surface area (TPSA) is 78.9 Å². The first-order chi connectivity index (χ1) is 12.7. The van der Waals surface area contributed by atoms with Gasteiger partial charge in [-0.1, -0.05) is 6.92 Å². The number of thiophene rings is 1. The second kappa shape index (κ2) is 9.03. The molecule has 2 fully saturated rings. The Morgan fingerprint density at radius 1 is 1.37 bits per heavy atom. The van der Waals surface area contributed by atoms with Gasteiger partial charge in [0.25, 0.3) is 5.91 Å². The maximum Gasteiger partial charge on any atom is 0.490 e. The molecule has 0 saturated carbocycles. The van der Waals surface area contributed by atoms with Gasteiger partial charge < -0.3 is 20.1 Å². The van der Waals surface area contributed by atoms with Crippen LogP contribution in [0.5, 0.6) is 0 Å². The Bertz CT molecular complexity index is 651. The Morgan fingerprint density at radius 2 is 2.00 bits per heavy atom. The number of carboxylic acid groups (broad SMARTS) is 1. The summed E-state index contributed by atoms with van der Waals surface area (Å²) >= 11 is 1.68. The normalized spacial score (nSPS) is 19.3. The number of alkyl halides is 3. The van der Waals surface area contributed by atoms with Gasteiger partial charge in [0, 0.05) is 16.8 Å². The summed E-state index contributed by atoms with van der Waals surface area (Å²) in [6, 6.07) is 2.04. The first-order valence-electron chi connectivity index (χ1n) is 8.68. The van der Waals surface area contributed by atoms with Gasteiger partial charge in [0.1, 0.15) is 0 Å². The molecule has 152 valence electrons. The van der Waals surface area contributed by atoms with E-state index in [1.165, 1.54) is 4.88 Å². The number of nitrogens with one attached hydrogen (secondary N) is 1. The molecule has 2 aliphatic heterocycles. The quantitative estimate of drug-likeness (QED) is 0.786. The van der Waals surface area contributed by atoms with Crippen LogP contribution in [0, 0.1) is 0 Å². The van der Waals surface area contributed by atoms with Crippen LogP contribution in [0.2, 0.25) is 0 Å². The predicted molar refractivity (Wildman–Crippen MR) is 94.1 cm³/mol. The molecular weight excluding hydrogens is 385 g/mol. The van der Waals surface area contributed by atoms with E-state index in [1.807, 2.05) is 16.3 Å². The minimum Gasteiger partial charge on any atom is -0.475 e. The molecule has 2 saturated heterocycles. The van der Waals surface area contributed by atoms with Gasteiger partial charge in [-0.05, 0) is 38.4 Å². The molecule has 10 heteroatoms. The average Bonchev–Trinajstić information content (AvgIpc) is 3.10. The van der Waals surface area contributed by atoms with Crippen LogP contribution in [0.3, 0.4) is 0 Å². The van der Waals surface area contributed by atoms with E-state index in [0.717, 1.165) is 44.5 Å². The van der Waals surface area contributed by atoms with Crippen LogP contribution >= 0.6 is 11.3 Å². The van der Waals surface area contributed by atoms with E-state index < -0.39 is 12.1 Å². The first kappa shape index (κ1) is 21.6. The van der Waals surface area contributed by atoms with Crippen LogP contribution < -0.4 is 5.32 Å². The van der Waals surface area contributed by atoms with Crippen molar-refractivity contribution < 1.29 is 32.6 Å². The van der Waals surface area contributed by atoms with Crippen molar-refractivity contribution >= 4 is 23.2 Å². The van der Waals surface area contributed by atoms with Gasteiger partial charge in [-0.2, -0.15) is 13.2 Å². The molecule has 1 spiro atoms. The Morgan fingerprint density at radius 3 is 2.52 bits per heavy atom. The smallest absolute Gasteiger partial charge is 0.475 e. The van der Waals surface area contributed by atoms with Crippen molar-refractivity contribution in [2.45, 2.75) is 38.0 Å². The number of amides is 1. The van der Waals surface area contributed by atoms with Gasteiger partial charge >= 0.3 is 12.1 Å². The number of hydrogen-bond donors (Lipinski definition) is 2. The zero-order valence-electron chi connectivity index (χ0n) is 15.0. The molecular formula is C17H23F3N2O4S. The first-order valence-corrected chi connectivity index (χ1v) is 9.56. The molecule has 27 heavy (non-hydrogen) atoms. The number of halogens is 3. The number of nitrogens with zero attached hydrogens (tertiary/aromatic N) is 1. The molecule has 0 unspecified atom stereocenters. The molecule has 3 heterocycles. The third-order valence-corrected chi connectivity index (χ3v) is 5.62. The summed E-state index contributed by atoms with van der Waals surface area (Å²) in [5.41, 5.74) is 0.737. The van der Waals surface area contributed by atoms with Gasteiger partial charge in [0.2, 0.25) is 0 Å². The molecule has 1 aromatic heterocycles. The number of morpholine rings is 1. The lowest BCUT2D eigenvalue weighted by atomic mass is 9.90. The van der Waals surface area contributed by atoms with E-state index in [0.29, 0.717) is 13.2 Å². The van der Waals surface area contributed by atoms with Crippen molar-refractivity contribution in [3.8, 4) is 0 Å². The summed E-state index contributed by atoms with van der Waals surface area (Å²) in [6.45, 7) is 6.21. The van der Waals surface area contributed by atoms with E-state index in [-0.39, 0.29) is 11.5 Å². The minimum atomic E-state index is -5.08. The fourth-order valence-corrected chi connectivity index (χ4v) is 3.87. The number of rotatable bonds is 2. The van der Waals surface area contributed by atoms with E-state index in [2.05, 4.69) is 12.2 Å². The van der Waals surface area contributed by atoms with Gasteiger partial charge in [-0.15, -0.1) is 11.3 Å². The lowest BCUT2D eigenvalue weighted by molar-refractivity contribution is -0.192. The molecule has 0 radical (unpaired) electrons. The number of aliphatic carboxylic acids is 1. The zero-order valence-corrected chi connectivity index (χ0v) is 15.8. The Labute approximate surface area is 159 Å². The second-order valence-corrected chi connectivity index (χ2v) is 7.46. The van der Waals surface area contributed by atoms with E-state index in [9.17, 15) is 18.0 Å². The van der Waals surface area contributed by atoms with Gasteiger partial charge in [-0.3, -0.25) is 4.79 Å². The van der Waals surface area contributed by atoms with Gasteiger partial charge in [0.15, 0.2) is 0 Å². The van der Waals surface area contributed by atoms with Crippen LogP contribution in [-0.4, -0.2) is 66.4 Å². The monoisotopic (exact) mass is 408 g/mol. The molecule has 0 bridgehead atoms. The largest absolute Gasteiger partial charge is 0.490 e. The molecule has 3 rings (SSSR count). The lowest BCUT2D eigenvalue weighted by Crippen LogP contribution is -2.57. The molecule has 0 atom stereocenters. The number of hydrogen-bond acceptors (Lipinski definition) is 5. The van der Waals surface area contributed by atoms with E-state index in [1.54, 1.807) is 11.3 Å². The van der Waals surface area contributed by atoms with E-state index >= 15 is 0 Å². The highest BCUT2D eigenvalue weighted by Gasteiger charge is 2.39. The van der Waals surface area contributed by atoms with Crippen molar-refractivity contribution in [1.29, 1.82) is 0 Å². The van der Waals surface area contributed by atoms with Gasteiger partial charge in [0.05, 0.1) is 24.3 Å². The molecule has 0 aromatic carbocycles. The fraction of sp³-hybridized carbons (Fsp3) is 0.647. The van der Waals surface area contributed by atoms with Gasteiger partial charge in [-0.25, -0.2) is 4.79 Å². The van der Waals surface area contributed by atoms with Crippen LogP contribution in [0.25, 0.3) is 0 Å². The number of carbonyl (C=O) groups excluding carboxylic acids is 1. The van der Waals surface area contributed by atoms with Crippen LogP contribution in [0.15, 0.2) is 11.4 Å². The molecule has 6 nitrogen and oxygen atoms in total. The number of carbonyl (C=O) groups is 2. The molecule has 2 N–H and O–H groups in total. The SMILES string of the molecule is CCc1cc(C(=O)N2CCOC3(CCNCC3)C2)cs1.O=C(O)C(F)(F)F. The Balaban J connectivity index is 0.000000321. The second-order valence-electron chi connectivity index (χ2n) is 6.47. The minimum absolute atomic E-state index is 0.108. The molecule has 2 aliphatic rings. The summed E-state index contributed by atoms with van der Waals surface area (Å²) in [6.07, 6.45) is -2.09. The maximum atomic E-state index is 12.6. The van der Waals surface area contributed by atoms with Crippen LogP contribution in [-0.2, 0) is 16.0 Å². The Hall–Kier alpha value is -1.65.